The molecule has 0 aromatic heterocycles. The summed E-state index contributed by atoms with van der Waals surface area (Å²) >= 11 is 11.7. The van der Waals surface area contributed by atoms with E-state index in [1.54, 1.807) is 0 Å². The first-order chi connectivity index (χ1) is 8.93. The number of halogens is 4. The molecule has 0 atom stereocenters. The van der Waals surface area contributed by atoms with Crippen molar-refractivity contribution < 1.29 is 13.7 Å². The van der Waals surface area contributed by atoms with Gasteiger partial charge in [0.05, 0.1) is 20.5 Å². The van der Waals surface area contributed by atoms with Gasteiger partial charge in [-0.05, 0) is 12.1 Å². The van der Waals surface area contributed by atoms with E-state index in [-0.39, 0.29) is 15.6 Å². The quantitative estimate of drug-likeness (QED) is 0.588. The molecule has 3 nitrogen and oxygen atoms in total. The van der Waals surface area contributed by atoms with Gasteiger partial charge in [-0.3, -0.25) is 10.1 Å². The van der Waals surface area contributed by atoms with Gasteiger partial charge >= 0.3 is 0 Å². The monoisotopic (exact) mass is 303 g/mol. The molecule has 0 spiro atoms. The first-order valence-corrected chi connectivity index (χ1v) is 5.76. The van der Waals surface area contributed by atoms with E-state index >= 15 is 0 Å². The molecular formula is C12H5Cl2F2NO2. The maximum absolute atomic E-state index is 13.8. The van der Waals surface area contributed by atoms with Crippen LogP contribution in [0.2, 0.25) is 10.0 Å². The van der Waals surface area contributed by atoms with Crippen LogP contribution in [0.5, 0.6) is 0 Å². The van der Waals surface area contributed by atoms with Gasteiger partial charge in [-0.2, -0.15) is 0 Å². The highest BCUT2D eigenvalue weighted by atomic mass is 35.5. The molecule has 98 valence electrons. The van der Waals surface area contributed by atoms with Crippen LogP contribution in [-0.4, -0.2) is 4.92 Å². The average Bonchev–Trinajstić information content (AvgIpc) is 2.36. The number of benzene rings is 2. The summed E-state index contributed by atoms with van der Waals surface area (Å²) in [5, 5.41) is 10.9. The molecule has 7 heteroatoms. The van der Waals surface area contributed by atoms with Gasteiger partial charge in [-0.25, -0.2) is 8.78 Å². The second-order valence-electron chi connectivity index (χ2n) is 3.61. The lowest BCUT2D eigenvalue weighted by molar-refractivity contribution is -0.384. The minimum atomic E-state index is -1.33. The molecule has 0 bridgehead atoms. The van der Waals surface area contributed by atoms with E-state index in [2.05, 4.69) is 0 Å². The molecule has 19 heavy (non-hydrogen) atoms. The number of nitrogens with zero attached hydrogens (tertiary/aromatic N) is 1. The fourth-order valence-corrected chi connectivity index (χ4v) is 2.04. The van der Waals surface area contributed by atoms with Gasteiger partial charge < -0.3 is 0 Å². The Kier molecular flexibility index (Phi) is 3.68. The van der Waals surface area contributed by atoms with Crippen LogP contribution >= 0.6 is 23.2 Å². The number of rotatable bonds is 2. The van der Waals surface area contributed by atoms with Crippen LogP contribution in [0.15, 0.2) is 30.3 Å². The highest BCUT2D eigenvalue weighted by molar-refractivity contribution is 6.43. The summed E-state index contributed by atoms with van der Waals surface area (Å²) in [6, 6.07) is 5.79. The molecule has 2 aromatic carbocycles. The van der Waals surface area contributed by atoms with Crippen molar-refractivity contribution in [1.82, 2.24) is 0 Å². The molecule has 0 aliphatic heterocycles. The minimum Gasteiger partial charge on any atom is -0.258 e. The molecule has 0 amide bonds. The largest absolute Gasteiger partial charge is 0.280 e. The molecule has 0 heterocycles. The van der Waals surface area contributed by atoms with Crippen LogP contribution in [0.4, 0.5) is 14.5 Å². The lowest BCUT2D eigenvalue weighted by atomic mass is 10.0. The molecule has 2 aromatic rings. The van der Waals surface area contributed by atoms with Crippen LogP contribution < -0.4 is 0 Å². The Morgan fingerprint density at radius 1 is 1.11 bits per heavy atom. The summed E-state index contributed by atoms with van der Waals surface area (Å²) in [5.41, 5.74) is -1.13. The highest BCUT2D eigenvalue weighted by Gasteiger charge is 2.25. The zero-order valence-electron chi connectivity index (χ0n) is 9.16. The van der Waals surface area contributed by atoms with Gasteiger partial charge in [0.1, 0.15) is 0 Å². The summed E-state index contributed by atoms with van der Waals surface area (Å²) < 4.78 is 27.1. The van der Waals surface area contributed by atoms with Crippen molar-refractivity contribution in [3.63, 3.8) is 0 Å². The van der Waals surface area contributed by atoms with Gasteiger partial charge in [-0.1, -0.05) is 35.3 Å². The minimum absolute atomic E-state index is 0.0298. The van der Waals surface area contributed by atoms with Gasteiger partial charge in [-0.15, -0.1) is 0 Å². The average molecular weight is 304 g/mol. The summed E-state index contributed by atoms with van der Waals surface area (Å²) in [4.78, 5) is 10.1. The van der Waals surface area contributed by atoms with E-state index in [9.17, 15) is 18.9 Å². The van der Waals surface area contributed by atoms with Crippen LogP contribution in [0.25, 0.3) is 11.1 Å². The smallest absolute Gasteiger partial charge is 0.258 e. The lowest BCUT2D eigenvalue weighted by Gasteiger charge is -2.08. The lowest BCUT2D eigenvalue weighted by Crippen LogP contribution is -1.98. The van der Waals surface area contributed by atoms with Gasteiger partial charge in [0.2, 0.25) is 0 Å². The van der Waals surface area contributed by atoms with Crippen molar-refractivity contribution in [3.8, 4) is 11.1 Å². The van der Waals surface area contributed by atoms with Crippen LogP contribution in [-0.2, 0) is 0 Å². The first kappa shape index (κ1) is 13.7. The predicted molar refractivity (Wildman–Crippen MR) is 68.5 cm³/mol. The van der Waals surface area contributed by atoms with Crippen molar-refractivity contribution in [2.45, 2.75) is 0 Å². The molecular weight excluding hydrogens is 299 g/mol. The second-order valence-corrected chi connectivity index (χ2v) is 4.40. The predicted octanol–water partition coefficient (Wildman–Crippen LogP) is 4.85. The Morgan fingerprint density at radius 3 is 2.42 bits per heavy atom. The van der Waals surface area contributed by atoms with Crippen molar-refractivity contribution in [2.24, 2.45) is 0 Å². The molecule has 0 saturated carbocycles. The summed E-state index contributed by atoms with van der Waals surface area (Å²) in [5.74, 6) is -2.53. The molecule has 0 N–H and O–H groups in total. The molecule has 0 unspecified atom stereocenters. The molecule has 0 aliphatic carbocycles. The Labute approximate surface area is 116 Å². The molecule has 0 saturated heterocycles. The van der Waals surface area contributed by atoms with Crippen molar-refractivity contribution in [1.29, 1.82) is 0 Å². The third-order valence-electron chi connectivity index (χ3n) is 2.49. The number of hydrogen-bond acceptors (Lipinski definition) is 2. The van der Waals surface area contributed by atoms with Gasteiger partial charge in [0.25, 0.3) is 5.69 Å². The van der Waals surface area contributed by atoms with Crippen LogP contribution in [0.1, 0.15) is 0 Å². The Bertz CT molecular complexity index is 677. The zero-order chi connectivity index (χ0) is 14.2. The molecule has 0 aliphatic rings. The number of nitro benzene ring substituents is 1. The third kappa shape index (κ3) is 2.39. The van der Waals surface area contributed by atoms with Crippen LogP contribution in [0.3, 0.4) is 0 Å². The normalized spacial score (nSPS) is 10.5. The standard InChI is InChI=1S/C12H5Cl2F2NO2/c13-7-3-1-2-6(11(7)14)10-9(17(18)19)5-4-8(15)12(10)16/h1-5H. The zero-order valence-corrected chi connectivity index (χ0v) is 10.7. The van der Waals surface area contributed by atoms with Crippen molar-refractivity contribution >= 4 is 28.9 Å². The van der Waals surface area contributed by atoms with E-state index in [4.69, 9.17) is 23.2 Å². The van der Waals surface area contributed by atoms with Crippen molar-refractivity contribution in [3.05, 3.63) is 62.1 Å². The van der Waals surface area contributed by atoms with E-state index in [0.717, 1.165) is 6.07 Å². The maximum atomic E-state index is 13.8. The molecule has 2 rings (SSSR count). The summed E-state index contributed by atoms with van der Waals surface area (Å²) in [7, 11) is 0. The Morgan fingerprint density at radius 2 is 1.79 bits per heavy atom. The van der Waals surface area contributed by atoms with E-state index in [1.807, 2.05) is 0 Å². The summed E-state index contributed by atoms with van der Waals surface area (Å²) in [6.45, 7) is 0. The van der Waals surface area contributed by atoms with Gasteiger partial charge in [0, 0.05) is 11.6 Å². The summed E-state index contributed by atoms with van der Waals surface area (Å²) in [6.07, 6.45) is 0. The highest BCUT2D eigenvalue weighted by Crippen LogP contribution is 2.40. The fraction of sp³-hybridized carbons (Fsp3) is 0. The van der Waals surface area contributed by atoms with Gasteiger partial charge in [0.15, 0.2) is 11.6 Å². The third-order valence-corrected chi connectivity index (χ3v) is 3.31. The fourth-order valence-electron chi connectivity index (χ4n) is 1.65. The van der Waals surface area contributed by atoms with E-state index in [0.29, 0.717) is 6.07 Å². The number of nitro groups is 1. The SMILES string of the molecule is O=[N+]([O-])c1ccc(F)c(F)c1-c1cccc(Cl)c1Cl. The van der Waals surface area contributed by atoms with Crippen molar-refractivity contribution in [2.75, 3.05) is 0 Å². The first-order valence-electron chi connectivity index (χ1n) is 5.00. The van der Waals surface area contributed by atoms with Crippen LogP contribution in [0, 0.1) is 21.7 Å². The maximum Gasteiger partial charge on any atom is 0.280 e. The molecule has 0 radical (unpaired) electrons. The topological polar surface area (TPSA) is 43.1 Å². The second kappa shape index (κ2) is 5.11. The van der Waals surface area contributed by atoms with E-state index in [1.165, 1.54) is 18.2 Å². The molecule has 0 fully saturated rings. The number of hydrogen-bond donors (Lipinski definition) is 0. The Balaban J connectivity index is 2.84. The Hall–Kier alpha value is -1.72. The van der Waals surface area contributed by atoms with E-state index < -0.39 is 27.8 Å².